The maximum atomic E-state index is 13.7. The Balaban J connectivity index is 1.82. The lowest BCUT2D eigenvalue weighted by atomic mass is 10.1. The van der Waals surface area contributed by atoms with E-state index in [9.17, 15) is 19.1 Å². The molecule has 1 unspecified atom stereocenters. The highest BCUT2D eigenvalue weighted by Gasteiger charge is 2.26. The molecule has 182 valence electrons. The maximum Gasteiger partial charge on any atom is 0.332 e. The molecule has 9 nitrogen and oxygen atoms in total. The van der Waals surface area contributed by atoms with Gasteiger partial charge in [0.2, 0.25) is 5.95 Å². The lowest BCUT2D eigenvalue weighted by molar-refractivity contribution is 0.431. The number of benzene rings is 1. The average Bonchev–Trinajstić information content (AvgIpc) is 3.18. The SMILES string of the molecule is CC(C)=CCn1c(N2CCCC(N)C2)nc2c1c(=O)n(CCc1ccc(O)c(F)c1)c(=O)n2C. The van der Waals surface area contributed by atoms with Gasteiger partial charge in [0.25, 0.3) is 5.56 Å². The van der Waals surface area contributed by atoms with Crippen molar-refractivity contribution in [3.05, 3.63) is 62.1 Å². The van der Waals surface area contributed by atoms with Crippen LogP contribution in [0, 0.1) is 5.82 Å². The van der Waals surface area contributed by atoms with E-state index in [0.717, 1.165) is 25.0 Å². The molecule has 0 spiro atoms. The first-order valence-corrected chi connectivity index (χ1v) is 11.5. The fourth-order valence-corrected chi connectivity index (χ4v) is 4.38. The van der Waals surface area contributed by atoms with Crippen LogP contribution in [0.15, 0.2) is 39.4 Å². The van der Waals surface area contributed by atoms with Gasteiger partial charge in [-0.3, -0.25) is 13.9 Å². The van der Waals surface area contributed by atoms with Crippen LogP contribution >= 0.6 is 0 Å². The molecule has 1 saturated heterocycles. The average molecular weight is 471 g/mol. The van der Waals surface area contributed by atoms with Crippen LogP contribution < -0.4 is 21.9 Å². The minimum Gasteiger partial charge on any atom is -0.505 e. The van der Waals surface area contributed by atoms with Crippen LogP contribution in [0.4, 0.5) is 10.3 Å². The van der Waals surface area contributed by atoms with Crippen molar-refractivity contribution < 1.29 is 9.50 Å². The van der Waals surface area contributed by atoms with E-state index in [-0.39, 0.29) is 19.0 Å². The number of phenolic OH excluding ortho intramolecular Hbond substituents is 1. The Morgan fingerprint density at radius 1 is 1.29 bits per heavy atom. The maximum absolute atomic E-state index is 13.7. The first kappa shape index (κ1) is 23.7. The Morgan fingerprint density at radius 2 is 2.06 bits per heavy atom. The van der Waals surface area contributed by atoms with Crippen molar-refractivity contribution in [2.75, 3.05) is 18.0 Å². The van der Waals surface area contributed by atoms with Gasteiger partial charge in [0.15, 0.2) is 22.7 Å². The molecule has 10 heteroatoms. The van der Waals surface area contributed by atoms with Crippen molar-refractivity contribution in [2.45, 2.75) is 52.2 Å². The molecule has 0 aliphatic carbocycles. The quantitative estimate of drug-likeness (QED) is 0.532. The van der Waals surface area contributed by atoms with E-state index >= 15 is 0 Å². The van der Waals surface area contributed by atoms with E-state index < -0.39 is 22.8 Å². The first-order valence-electron chi connectivity index (χ1n) is 11.5. The summed E-state index contributed by atoms with van der Waals surface area (Å²) in [5.74, 6) is -0.545. The van der Waals surface area contributed by atoms with Crippen molar-refractivity contribution in [1.82, 2.24) is 18.7 Å². The second kappa shape index (κ2) is 9.46. The highest BCUT2D eigenvalue weighted by molar-refractivity contribution is 5.74. The smallest absolute Gasteiger partial charge is 0.332 e. The number of rotatable bonds is 6. The third-order valence-electron chi connectivity index (χ3n) is 6.27. The predicted octanol–water partition coefficient (Wildman–Crippen LogP) is 1.88. The fraction of sp³-hybridized carbons (Fsp3) is 0.458. The van der Waals surface area contributed by atoms with Crippen LogP contribution in [0.2, 0.25) is 0 Å². The number of phenols is 1. The van der Waals surface area contributed by atoms with Crippen molar-refractivity contribution in [3.63, 3.8) is 0 Å². The molecule has 1 aliphatic rings. The second-order valence-corrected chi connectivity index (χ2v) is 9.16. The molecule has 0 amide bonds. The highest BCUT2D eigenvalue weighted by Crippen LogP contribution is 2.23. The molecule has 0 bridgehead atoms. The Kier molecular flexibility index (Phi) is 6.60. The lowest BCUT2D eigenvalue weighted by Gasteiger charge is -2.31. The summed E-state index contributed by atoms with van der Waals surface area (Å²) in [5.41, 5.74) is 7.64. The summed E-state index contributed by atoms with van der Waals surface area (Å²) in [6.07, 6.45) is 4.14. The molecule has 1 fully saturated rings. The van der Waals surface area contributed by atoms with Gasteiger partial charge in [0.1, 0.15) is 0 Å². The molecule has 1 aromatic carbocycles. The van der Waals surface area contributed by atoms with Gasteiger partial charge in [0.05, 0.1) is 0 Å². The van der Waals surface area contributed by atoms with Gasteiger partial charge < -0.3 is 20.3 Å². The first-order chi connectivity index (χ1) is 16.2. The minimum atomic E-state index is -0.739. The summed E-state index contributed by atoms with van der Waals surface area (Å²) in [6, 6.07) is 4.07. The van der Waals surface area contributed by atoms with E-state index in [1.54, 1.807) is 13.1 Å². The number of allylic oxidation sites excluding steroid dienone is 2. The summed E-state index contributed by atoms with van der Waals surface area (Å²) in [6.45, 7) is 5.90. The highest BCUT2D eigenvalue weighted by atomic mass is 19.1. The Morgan fingerprint density at radius 3 is 2.74 bits per heavy atom. The molecule has 3 N–H and O–H groups in total. The number of halogens is 1. The van der Waals surface area contributed by atoms with Crippen LogP contribution in [0.3, 0.4) is 0 Å². The molecule has 1 aliphatic heterocycles. The summed E-state index contributed by atoms with van der Waals surface area (Å²) < 4.78 is 18.1. The summed E-state index contributed by atoms with van der Waals surface area (Å²) >= 11 is 0. The number of nitrogens with zero attached hydrogens (tertiary/aromatic N) is 5. The Bertz CT molecular complexity index is 1370. The van der Waals surface area contributed by atoms with Crippen LogP contribution in [0.25, 0.3) is 11.2 Å². The molecule has 0 saturated carbocycles. The zero-order valence-electron chi connectivity index (χ0n) is 19.8. The normalized spacial score (nSPS) is 16.3. The van der Waals surface area contributed by atoms with Crippen molar-refractivity contribution in [3.8, 4) is 5.75 Å². The third kappa shape index (κ3) is 4.50. The number of fused-ring (bicyclic) bond motifs is 1. The van der Waals surface area contributed by atoms with Crippen molar-refractivity contribution in [2.24, 2.45) is 12.8 Å². The zero-order valence-corrected chi connectivity index (χ0v) is 19.8. The van der Waals surface area contributed by atoms with Gasteiger partial charge in [0, 0.05) is 39.3 Å². The number of nitrogens with two attached hydrogens (primary N) is 1. The predicted molar refractivity (Wildman–Crippen MR) is 130 cm³/mol. The molecular weight excluding hydrogens is 439 g/mol. The number of hydrogen-bond donors (Lipinski definition) is 2. The number of aromatic hydroxyl groups is 1. The third-order valence-corrected chi connectivity index (χ3v) is 6.27. The van der Waals surface area contributed by atoms with Gasteiger partial charge in [-0.1, -0.05) is 17.7 Å². The molecule has 34 heavy (non-hydrogen) atoms. The summed E-state index contributed by atoms with van der Waals surface area (Å²) in [5, 5.41) is 9.41. The van der Waals surface area contributed by atoms with Gasteiger partial charge in [-0.2, -0.15) is 4.98 Å². The number of piperidine rings is 1. The number of aromatic nitrogens is 4. The van der Waals surface area contributed by atoms with Crippen molar-refractivity contribution >= 4 is 17.1 Å². The molecular formula is C24H31FN6O3. The van der Waals surface area contributed by atoms with E-state index in [0.29, 0.717) is 35.8 Å². The van der Waals surface area contributed by atoms with E-state index in [2.05, 4.69) is 4.90 Å². The molecule has 4 rings (SSSR count). The summed E-state index contributed by atoms with van der Waals surface area (Å²) in [4.78, 5) is 33.5. The topological polar surface area (TPSA) is 111 Å². The van der Waals surface area contributed by atoms with Crippen molar-refractivity contribution in [1.29, 1.82) is 0 Å². The van der Waals surface area contributed by atoms with Crippen LogP contribution in [0.1, 0.15) is 32.3 Å². The monoisotopic (exact) mass is 470 g/mol. The van der Waals surface area contributed by atoms with Gasteiger partial charge in [-0.25, -0.2) is 9.18 Å². The molecule has 3 aromatic rings. The zero-order chi connectivity index (χ0) is 24.6. The molecule has 0 radical (unpaired) electrons. The van der Waals surface area contributed by atoms with E-state index in [1.165, 1.54) is 21.3 Å². The van der Waals surface area contributed by atoms with E-state index in [4.69, 9.17) is 10.7 Å². The lowest BCUT2D eigenvalue weighted by Crippen LogP contribution is -2.44. The van der Waals surface area contributed by atoms with Gasteiger partial charge in [-0.05, 0) is 50.8 Å². The molecule has 1 atom stereocenters. The number of aryl methyl sites for hydroxylation is 2. The minimum absolute atomic E-state index is 0.0247. The van der Waals surface area contributed by atoms with Gasteiger partial charge >= 0.3 is 5.69 Å². The largest absolute Gasteiger partial charge is 0.505 e. The molecule has 3 heterocycles. The van der Waals surface area contributed by atoms with Crippen LogP contribution in [0.5, 0.6) is 5.75 Å². The summed E-state index contributed by atoms with van der Waals surface area (Å²) in [7, 11) is 1.60. The van der Waals surface area contributed by atoms with Gasteiger partial charge in [-0.15, -0.1) is 0 Å². The number of anilines is 1. The van der Waals surface area contributed by atoms with E-state index in [1.807, 2.05) is 24.5 Å². The Labute approximate surface area is 196 Å². The second-order valence-electron chi connectivity index (χ2n) is 9.16. The van der Waals surface area contributed by atoms with Crippen LogP contribution in [-0.4, -0.2) is 42.9 Å². The Hall–Kier alpha value is -3.40. The van der Waals surface area contributed by atoms with Crippen LogP contribution in [-0.2, 0) is 26.6 Å². The fourth-order valence-electron chi connectivity index (χ4n) is 4.38. The standard InChI is InChI=1S/C24H31FN6O3/c1-15(2)8-11-30-20-21(27-23(30)29-10-4-5-17(26)14-29)28(3)24(34)31(22(20)33)12-9-16-6-7-19(32)18(25)13-16/h6-8,13,17,32H,4-5,9-12,14,26H2,1-3H3. The number of hydrogen-bond acceptors (Lipinski definition) is 6. The number of imidazole rings is 1. The molecule has 2 aromatic heterocycles.